The van der Waals surface area contributed by atoms with Gasteiger partial charge in [0.1, 0.15) is 0 Å². The van der Waals surface area contributed by atoms with Gasteiger partial charge in [-0.05, 0) is 6.42 Å². The molecule has 0 aromatic heterocycles. The first-order chi connectivity index (χ1) is 5.12. The van der Waals surface area contributed by atoms with Crippen LogP contribution in [0.4, 0.5) is 0 Å². The van der Waals surface area contributed by atoms with Crippen molar-refractivity contribution < 1.29 is 12.6 Å². The minimum Gasteiger partial charge on any atom is -0.302 e. The van der Waals surface area contributed by atoms with Gasteiger partial charge in [0.2, 0.25) is 0 Å². The van der Waals surface area contributed by atoms with E-state index in [2.05, 4.69) is 4.18 Å². The summed E-state index contributed by atoms with van der Waals surface area (Å²) >= 11 is 0. The van der Waals surface area contributed by atoms with Crippen LogP contribution in [-0.4, -0.2) is 14.2 Å². The second kappa shape index (κ2) is 4.97. The molecule has 4 nitrogen and oxygen atoms in total. The highest BCUT2D eigenvalue weighted by Gasteiger charge is 2.09. The maximum atomic E-state index is 10.7. The Morgan fingerprint density at radius 3 is 2.55 bits per heavy atom. The van der Waals surface area contributed by atoms with E-state index in [0.29, 0.717) is 6.42 Å². The van der Waals surface area contributed by atoms with Crippen LogP contribution >= 0.6 is 0 Å². The third-order valence-electron chi connectivity index (χ3n) is 1.16. The fraction of sp³-hybridized carbons (Fsp3) is 0.833. The van der Waals surface area contributed by atoms with E-state index in [4.69, 9.17) is 5.26 Å². The molecule has 5 heteroatoms. The number of hydrogen-bond donors (Lipinski definition) is 0. The van der Waals surface area contributed by atoms with Crippen LogP contribution < -0.4 is 0 Å². The van der Waals surface area contributed by atoms with E-state index in [-0.39, 0.29) is 5.75 Å². The van der Waals surface area contributed by atoms with Gasteiger partial charge < -0.3 is 4.18 Å². The van der Waals surface area contributed by atoms with Crippen LogP contribution in [0.3, 0.4) is 0 Å². The van der Waals surface area contributed by atoms with E-state index in [1.54, 1.807) is 0 Å². The second-order valence-electron chi connectivity index (χ2n) is 2.14. The van der Waals surface area contributed by atoms with Gasteiger partial charge in [-0.25, -0.2) is 0 Å². The summed E-state index contributed by atoms with van der Waals surface area (Å²) < 4.78 is 25.2. The molecule has 0 aromatic rings. The van der Waals surface area contributed by atoms with Gasteiger partial charge in [-0.15, -0.1) is 5.26 Å². The first-order valence-electron chi connectivity index (χ1n) is 3.42. The summed E-state index contributed by atoms with van der Waals surface area (Å²) in [6.45, 7) is 1.97. The number of nitriles is 1. The van der Waals surface area contributed by atoms with E-state index < -0.39 is 10.1 Å². The molecule has 0 unspecified atom stereocenters. The fourth-order valence-electron chi connectivity index (χ4n) is 0.627. The summed E-state index contributed by atoms with van der Waals surface area (Å²) in [5.74, 6) is -0.0611. The highest BCUT2D eigenvalue weighted by Crippen LogP contribution is 2.00. The third-order valence-corrected chi connectivity index (χ3v) is 2.28. The van der Waals surface area contributed by atoms with Crippen LogP contribution in [0.1, 0.15) is 26.2 Å². The van der Waals surface area contributed by atoms with Gasteiger partial charge in [0.15, 0.2) is 0 Å². The van der Waals surface area contributed by atoms with E-state index in [9.17, 15) is 8.42 Å². The maximum Gasteiger partial charge on any atom is 0.318 e. The Morgan fingerprint density at radius 1 is 1.45 bits per heavy atom. The molecular weight excluding hydrogens is 166 g/mol. The van der Waals surface area contributed by atoms with Gasteiger partial charge in [-0.2, -0.15) is 8.42 Å². The highest BCUT2D eigenvalue weighted by atomic mass is 32.2. The predicted molar refractivity (Wildman–Crippen MR) is 40.0 cm³/mol. The lowest BCUT2D eigenvalue weighted by atomic mass is 10.3. The minimum atomic E-state index is -3.56. The molecule has 0 aliphatic rings. The molecule has 0 aromatic carbocycles. The summed E-state index contributed by atoms with van der Waals surface area (Å²) in [5, 5.41) is 7.91. The molecule has 0 aliphatic carbocycles. The zero-order valence-electron chi connectivity index (χ0n) is 6.41. The van der Waals surface area contributed by atoms with Crippen molar-refractivity contribution in [1.82, 2.24) is 0 Å². The van der Waals surface area contributed by atoms with Crippen molar-refractivity contribution in [1.29, 1.82) is 5.26 Å². The quantitative estimate of drug-likeness (QED) is 0.357. The van der Waals surface area contributed by atoms with Gasteiger partial charge in [0, 0.05) is 0 Å². The Balaban J connectivity index is 3.68. The summed E-state index contributed by atoms with van der Waals surface area (Å²) in [5.41, 5.74) is 0. The topological polar surface area (TPSA) is 67.2 Å². The fourth-order valence-corrected chi connectivity index (χ4v) is 1.38. The van der Waals surface area contributed by atoms with Crippen LogP contribution in [-0.2, 0) is 14.3 Å². The van der Waals surface area contributed by atoms with E-state index in [1.165, 1.54) is 0 Å². The molecule has 0 fully saturated rings. The molecule has 0 saturated heterocycles. The van der Waals surface area contributed by atoms with E-state index >= 15 is 0 Å². The number of hydrogen-bond acceptors (Lipinski definition) is 4. The average molecular weight is 177 g/mol. The van der Waals surface area contributed by atoms with E-state index in [1.807, 2.05) is 6.92 Å². The van der Waals surface area contributed by atoms with Gasteiger partial charge >= 0.3 is 16.4 Å². The van der Waals surface area contributed by atoms with Crippen LogP contribution in [0.2, 0.25) is 0 Å². The lowest BCUT2D eigenvalue weighted by Crippen LogP contribution is -2.06. The first-order valence-corrected chi connectivity index (χ1v) is 5.00. The van der Waals surface area contributed by atoms with Crippen LogP contribution in [0.15, 0.2) is 0 Å². The van der Waals surface area contributed by atoms with Crippen LogP contribution in [0.25, 0.3) is 0 Å². The highest BCUT2D eigenvalue weighted by molar-refractivity contribution is 7.86. The van der Waals surface area contributed by atoms with Crippen molar-refractivity contribution in [3.63, 3.8) is 0 Å². The Labute approximate surface area is 66.9 Å². The van der Waals surface area contributed by atoms with Gasteiger partial charge in [-0.3, -0.25) is 0 Å². The Bertz CT molecular complexity index is 227. The number of rotatable bonds is 5. The van der Waals surface area contributed by atoms with Gasteiger partial charge in [0.05, 0.1) is 5.75 Å². The predicted octanol–water partition coefficient (Wildman–Crippen LogP) is 1.00. The monoisotopic (exact) mass is 177 g/mol. The molecule has 64 valence electrons. The lowest BCUT2D eigenvalue weighted by Gasteiger charge is -1.97. The van der Waals surface area contributed by atoms with Crippen molar-refractivity contribution in [3.8, 4) is 6.26 Å². The Morgan fingerprint density at radius 2 is 2.09 bits per heavy atom. The summed E-state index contributed by atoms with van der Waals surface area (Å²) in [4.78, 5) is 0. The maximum absolute atomic E-state index is 10.7. The Kier molecular flexibility index (Phi) is 4.62. The first kappa shape index (κ1) is 10.2. The molecule has 0 heterocycles. The second-order valence-corrected chi connectivity index (χ2v) is 3.83. The number of unbranched alkanes of at least 4 members (excludes halogenated alkanes) is 2. The molecule has 0 radical (unpaired) electrons. The van der Waals surface area contributed by atoms with Crippen molar-refractivity contribution in [2.24, 2.45) is 0 Å². The zero-order chi connectivity index (χ0) is 8.74. The van der Waals surface area contributed by atoms with Gasteiger partial charge in [-0.1, -0.05) is 19.8 Å². The number of nitrogens with zero attached hydrogens (tertiary/aromatic N) is 1. The minimum absolute atomic E-state index is 0.0611. The third kappa shape index (κ3) is 5.67. The Hall–Kier alpha value is -0.760. The molecule has 0 atom stereocenters. The standard InChI is InChI=1S/C6H11NO3S/c1-2-3-4-5-11(8,9)10-6-7/h2-5H2,1H3. The zero-order valence-corrected chi connectivity index (χ0v) is 7.23. The smallest absolute Gasteiger partial charge is 0.302 e. The van der Waals surface area contributed by atoms with Crippen LogP contribution in [0.5, 0.6) is 0 Å². The largest absolute Gasteiger partial charge is 0.318 e. The lowest BCUT2D eigenvalue weighted by molar-refractivity contribution is 0.456. The van der Waals surface area contributed by atoms with Gasteiger partial charge in [0.25, 0.3) is 0 Å². The average Bonchev–Trinajstić information content (AvgIpc) is 1.87. The molecule has 11 heavy (non-hydrogen) atoms. The molecule has 0 saturated carbocycles. The SMILES string of the molecule is CCCCCS(=O)(=O)OC#N. The van der Waals surface area contributed by atoms with Crippen molar-refractivity contribution in [2.75, 3.05) is 5.75 Å². The van der Waals surface area contributed by atoms with Crippen LogP contribution in [0, 0.1) is 11.5 Å². The molecule has 0 bridgehead atoms. The molecular formula is C6H11NO3S. The molecule has 0 rings (SSSR count). The van der Waals surface area contributed by atoms with Crippen molar-refractivity contribution >= 4 is 10.1 Å². The normalized spacial score (nSPS) is 10.5. The summed E-state index contributed by atoms with van der Waals surface area (Å²) in [7, 11) is -3.56. The summed E-state index contributed by atoms with van der Waals surface area (Å²) in [6.07, 6.45) is 3.49. The van der Waals surface area contributed by atoms with E-state index in [0.717, 1.165) is 19.1 Å². The van der Waals surface area contributed by atoms with Crippen molar-refractivity contribution in [3.05, 3.63) is 0 Å². The van der Waals surface area contributed by atoms with Crippen molar-refractivity contribution in [2.45, 2.75) is 26.2 Å². The molecule has 0 amide bonds. The molecule has 0 spiro atoms. The summed E-state index contributed by atoms with van der Waals surface area (Å²) in [6, 6.07) is 0. The molecule has 0 N–H and O–H groups in total. The molecule has 0 aliphatic heterocycles.